The molecule has 1 aromatic rings. The van der Waals surface area contributed by atoms with Crippen molar-refractivity contribution >= 4 is 21.7 Å². The monoisotopic (exact) mass is 272 g/mol. The second kappa shape index (κ2) is 4.92. The van der Waals surface area contributed by atoms with Crippen molar-refractivity contribution in [2.75, 3.05) is 24.7 Å². The minimum absolute atomic E-state index is 0.183. The van der Waals surface area contributed by atoms with Crippen LogP contribution in [0.1, 0.15) is 12.8 Å². The zero-order valence-corrected chi connectivity index (χ0v) is 10.1. The van der Waals surface area contributed by atoms with E-state index in [-0.39, 0.29) is 12.6 Å². The molecule has 0 bridgehead atoms. The van der Waals surface area contributed by atoms with Crippen LogP contribution in [0.4, 0.5) is 10.2 Å². The van der Waals surface area contributed by atoms with Crippen molar-refractivity contribution in [3.8, 4) is 0 Å². The fourth-order valence-electron chi connectivity index (χ4n) is 1.91. The van der Waals surface area contributed by atoms with Crippen molar-refractivity contribution in [1.82, 2.24) is 4.98 Å². The summed E-state index contributed by atoms with van der Waals surface area (Å²) in [5.41, 5.74) is 0. The minimum atomic E-state index is -0.183. The lowest BCUT2D eigenvalue weighted by Crippen LogP contribution is -2.35. The average Bonchev–Trinajstić information content (AvgIpc) is 2.30. The molecule has 0 radical (unpaired) electrons. The summed E-state index contributed by atoms with van der Waals surface area (Å²) >= 11 is 3.49. The smallest absolute Gasteiger partial charge is 0.142 e. The molecular formula is C11H14BrFN2. The first-order chi connectivity index (χ1) is 7.31. The Balaban J connectivity index is 2.04. The number of hydrogen-bond donors (Lipinski definition) is 0. The molecule has 1 fully saturated rings. The van der Waals surface area contributed by atoms with Gasteiger partial charge in [0, 0.05) is 19.3 Å². The Morgan fingerprint density at radius 3 is 2.80 bits per heavy atom. The van der Waals surface area contributed by atoms with Gasteiger partial charge in [-0.15, -0.1) is 0 Å². The Hall–Kier alpha value is -0.640. The van der Waals surface area contributed by atoms with E-state index in [9.17, 15) is 4.39 Å². The zero-order chi connectivity index (χ0) is 10.7. The summed E-state index contributed by atoms with van der Waals surface area (Å²) in [6, 6.07) is 3.89. The number of anilines is 1. The van der Waals surface area contributed by atoms with E-state index < -0.39 is 0 Å². The van der Waals surface area contributed by atoms with E-state index in [1.807, 2.05) is 12.1 Å². The molecule has 2 nitrogen and oxygen atoms in total. The van der Waals surface area contributed by atoms with Crippen LogP contribution in [0.5, 0.6) is 0 Å². The van der Waals surface area contributed by atoms with Gasteiger partial charge in [0.05, 0.1) is 11.1 Å². The molecule has 0 aliphatic carbocycles. The van der Waals surface area contributed by atoms with E-state index >= 15 is 0 Å². The van der Waals surface area contributed by atoms with E-state index in [1.54, 1.807) is 6.20 Å². The van der Waals surface area contributed by atoms with Crippen LogP contribution in [0.3, 0.4) is 0 Å². The predicted octanol–water partition coefficient (Wildman–Crippen LogP) is 3.03. The molecule has 82 valence electrons. The number of aromatic nitrogens is 1. The summed E-state index contributed by atoms with van der Waals surface area (Å²) in [5, 5.41) is 0. The number of piperidine rings is 1. The first kappa shape index (κ1) is 10.9. The second-order valence-electron chi connectivity index (χ2n) is 3.89. The normalized spacial score (nSPS) is 18.1. The van der Waals surface area contributed by atoms with Gasteiger partial charge in [0.15, 0.2) is 0 Å². The maximum absolute atomic E-state index is 12.4. The molecule has 2 rings (SSSR count). The molecule has 0 amide bonds. The van der Waals surface area contributed by atoms with Crippen molar-refractivity contribution < 1.29 is 4.39 Å². The average molecular weight is 273 g/mol. The molecule has 4 heteroatoms. The van der Waals surface area contributed by atoms with Gasteiger partial charge in [-0.2, -0.15) is 0 Å². The first-order valence-corrected chi connectivity index (χ1v) is 6.02. The van der Waals surface area contributed by atoms with Crippen LogP contribution in [0, 0.1) is 5.92 Å². The van der Waals surface area contributed by atoms with Gasteiger partial charge in [0.25, 0.3) is 0 Å². The van der Waals surface area contributed by atoms with Gasteiger partial charge in [-0.05, 0) is 46.8 Å². The van der Waals surface area contributed by atoms with Crippen LogP contribution >= 0.6 is 15.9 Å². The topological polar surface area (TPSA) is 16.1 Å². The lowest BCUT2D eigenvalue weighted by atomic mass is 9.98. The van der Waals surface area contributed by atoms with E-state index in [4.69, 9.17) is 0 Å². The number of alkyl halides is 1. The SMILES string of the molecule is FCC1CCN(c2ncccc2Br)CC1. The van der Waals surface area contributed by atoms with Gasteiger partial charge in [0.1, 0.15) is 5.82 Å². The standard InChI is InChI=1S/C11H14BrFN2/c12-10-2-1-5-14-11(10)15-6-3-9(8-13)4-7-15/h1-2,5,9H,3-4,6-8H2. The number of hydrogen-bond acceptors (Lipinski definition) is 2. The molecule has 0 atom stereocenters. The van der Waals surface area contributed by atoms with Crippen LogP contribution in [-0.4, -0.2) is 24.7 Å². The Labute approximate surface area is 97.6 Å². The molecule has 1 aromatic heterocycles. The summed E-state index contributed by atoms with van der Waals surface area (Å²) in [5.74, 6) is 1.23. The Morgan fingerprint density at radius 1 is 1.47 bits per heavy atom. The van der Waals surface area contributed by atoms with Crippen LogP contribution in [0.15, 0.2) is 22.8 Å². The maximum atomic E-state index is 12.4. The number of halogens is 2. The third-order valence-corrected chi connectivity index (χ3v) is 3.49. The van der Waals surface area contributed by atoms with Crippen molar-refractivity contribution in [2.24, 2.45) is 5.92 Å². The number of pyridine rings is 1. The minimum Gasteiger partial charge on any atom is -0.356 e. The summed E-state index contributed by atoms with van der Waals surface area (Å²) in [6.45, 7) is 1.63. The van der Waals surface area contributed by atoms with Gasteiger partial charge >= 0.3 is 0 Å². The van der Waals surface area contributed by atoms with Crippen molar-refractivity contribution in [1.29, 1.82) is 0 Å². The molecule has 0 unspecified atom stereocenters. The van der Waals surface area contributed by atoms with E-state index in [1.165, 1.54) is 0 Å². The fraction of sp³-hybridized carbons (Fsp3) is 0.545. The summed E-state index contributed by atoms with van der Waals surface area (Å²) in [4.78, 5) is 6.56. The van der Waals surface area contributed by atoms with Gasteiger partial charge in [-0.1, -0.05) is 0 Å². The summed E-state index contributed by atoms with van der Waals surface area (Å²) in [6.07, 6.45) is 3.65. The molecule has 0 aromatic carbocycles. The maximum Gasteiger partial charge on any atom is 0.142 e. The van der Waals surface area contributed by atoms with Crippen molar-refractivity contribution in [3.05, 3.63) is 22.8 Å². The predicted molar refractivity (Wildman–Crippen MR) is 62.8 cm³/mol. The third kappa shape index (κ3) is 2.48. The van der Waals surface area contributed by atoms with Crippen LogP contribution in [0.25, 0.3) is 0 Å². The lowest BCUT2D eigenvalue weighted by molar-refractivity contribution is 0.307. The zero-order valence-electron chi connectivity index (χ0n) is 8.50. The van der Waals surface area contributed by atoms with Crippen LogP contribution in [0.2, 0.25) is 0 Å². The van der Waals surface area contributed by atoms with E-state index in [0.717, 1.165) is 36.2 Å². The molecular weight excluding hydrogens is 259 g/mol. The third-order valence-electron chi connectivity index (χ3n) is 2.87. The quantitative estimate of drug-likeness (QED) is 0.823. The van der Waals surface area contributed by atoms with E-state index in [2.05, 4.69) is 25.8 Å². The largest absolute Gasteiger partial charge is 0.356 e. The van der Waals surface area contributed by atoms with Gasteiger partial charge < -0.3 is 4.90 Å². The molecule has 1 aliphatic heterocycles. The highest BCUT2D eigenvalue weighted by molar-refractivity contribution is 9.10. The van der Waals surface area contributed by atoms with Gasteiger partial charge in [-0.3, -0.25) is 4.39 Å². The second-order valence-corrected chi connectivity index (χ2v) is 4.75. The van der Waals surface area contributed by atoms with Gasteiger partial charge in [-0.25, -0.2) is 4.98 Å². The van der Waals surface area contributed by atoms with Crippen LogP contribution in [-0.2, 0) is 0 Å². The highest BCUT2D eigenvalue weighted by atomic mass is 79.9. The van der Waals surface area contributed by atoms with Gasteiger partial charge in [0.2, 0.25) is 0 Å². The molecule has 0 N–H and O–H groups in total. The first-order valence-electron chi connectivity index (χ1n) is 5.22. The highest BCUT2D eigenvalue weighted by Crippen LogP contribution is 2.27. The number of rotatable bonds is 2. The molecule has 15 heavy (non-hydrogen) atoms. The molecule has 0 spiro atoms. The highest BCUT2D eigenvalue weighted by Gasteiger charge is 2.20. The van der Waals surface area contributed by atoms with Crippen molar-refractivity contribution in [2.45, 2.75) is 12.8 Å². The lowest BCUT2D eigenvalue weighted by Gasteiger charge is -2.32. The molecule has 2 heterocycles. The molecule has 0 saturated carbocycles. The fourth-order valence-corrected chi connectivity index (χ4v) is 2.41. The molecule has 1 aliphatic rings. The van der Waals surface area contributed by atoms with E-state index in [0.29, 0.717) is 0 Å². The Morgan fingerprint density at radius 2 is 2.20 bits per heavy atom. The summed E-state index contributed by atoms with van der Waals surface area (Å²) in [7, 11) is 0. The Kier molecular flexibility index (Phi) is 3.57. The summed E-state index contributed by atoms with van der Waals surface area (Å²) < 4.78 is 13.5. The Bertz CT molecular complexity index is 324. The van der Waals surface area contributed by atoms with Crippen LogP contribution < -0.4 is 4.90 Å². The van der Waals surface area contributed by atoms with Crippen molar-refractivity contribution in [3.63, 3.8) is 0 Å². The number of nitrogens with zero attached hydrogens (tertiary/aromatic N) is 2. The molecule has 1 saturated heterocycles.